The highest BCUT2D eigenvalue weighted by atomic mass is 35.5. The number of hydrogen-bond acceptors (Lipinski definition) is 3. The van der Waals surface area contributed by atoms with Crippen LogP contribution in [0.4, 0.5) is 0 Å². The van der Waals surface area contributed by atoms with Crippen LogP contribution >= 0.6 is 11.6 Å². The van der Waals surface area contributed by atoms with Crippen molar-refractivity contribution in [2.75, 3.05) is 47.4 Å². The highest BCUT2D eigenvalue weighted by Gasteiger charge is 2.01. The number of halogens is 1. The van der Waals surface area contributed by atoms with E-state index in [9.17, 15) is 0 Å². The van der Waals surface area contributed by atoms with Gasteiger partial charge in [-0.3, -0.25) is 4.99 Å². The van der Waals surface area contributed by atoms with E-state index in [-0.39, 0.29) is 0 Å². The number of benzene rings is 1. The summed E-state index contributed by atoms with van der Waals surface area (Å²) in [6.07, 6.45) is 1.05. The number of hydrogen-bond donors (Lipinski definition) is 2. The molecular weight excluding hydrogens is 300 g/mol. The second-order valence-electron chi connectivity index (χ2n) is 5.13. The van der Waals surface area contributed by atoms with Crippen molar-refractivity contribution in [3.05, 3.63) is 34.9 Å². The molecule has 6 heteroatoms. The summed E-state index contributed by atoms with van der Waals surface area (Å²) < 4.78 is 5.05. The third-order valence-electron chi connectivity index (χ3n) is 3.25. The maximum Gasteiger partial charge on any atom is 0.191 e. The maximum absolute atomic E-state index is 5.98. The van der Waals surface area contributed by atoms with Crippen LogP contribution in [0.15, 0.2) is 29.3 Å². The first kappa shape index (κ1) is 18.7. The van der Waals surface area contributed by atoms with Crippen molar-refractivity contribution < 1.29 is 4.74 Å². The van der Waals surface area contributed by atoms with Gasteiger partial charge in [-0.25, -0.2) is 0 Å². The number of methoxy groups -OCH3 is 1. The predicted molar refractivity (Wildman–Crippen MR) is 93.6 cm³/mol. The molecule has 0 saturated carbocycles. The van der Waals surface area contributed by atoms with Gasteiger partial charge in [0.2, 0.25) is 0 Å². The molecule has 1 rings (SSSR count). The van der Waals surface area contributed by atoms with Crippen LogP contribution in [0.3, 0.4) is 0 Å². The van der Waals surface area contributed by atoms with Crippen molar-refractivity contribution >= 4 is 17.6 Å². The van der Waals surface area contributed by atoms with Crippen molar-refractivity contribution in [3.8, 4) is 0 Å². The van der Waals surface area contributed by atoms with Crippen molar-refractivity contribution in [2.45, 2.75) is 13.0 Å². The lowest BCUT2D eigenvalue weighted by Gasteiger charge is -2.18. The van der Waals surface area contributed by atoms with Crippen molar-refractivity contribution in [1.29, 1.82) is 0 Å². The standard InChI is InChI=1S/C16H27ClN4O/c1-18-16(19-8-10-21(2)9-5-11-22-3)20-13-14-6-4-7-15(17)12-14/h4,6-7,12H,5,8-11,13H2,1-3H3,(H2,18,19,20). The first-order valence-electron chi connectivity index (χ1n) is 7.52. The Morgan fingerprint density at radius 1 is 1.32 bits per heavy atom. The van der Waals surface area contributed by atoms with E-state index in [0.717, 1.165) is 49.2 Å². The first-order valence-corrected chi connectivity index (χ1v) is 7.90. The highest BCUT2D eigenvalue weighted by Crippen LogP contribution is 2.10. The lowest BCUT2D eigenvalue weighted by molar-refractivity contribution is 0.180. The van der Waals surface area contributed by atoms with Crippen molar-refractivity contribution in [3.63, 3.8) is 0 Å². The molecule has 5 nitrogen and oxygen atoms in total. The van der Waals surface area contributed by atoms with Crippen LogP contribution in [0.5, 0.6) is 0 Å². The summed E-state index contributed by atoms with van der Waals surface area (Å²) in [6.45, 7) is 4.34. The second kappa shape index (κ2) is 11.3. The molecule has 0 aliphatic rings. The maximum atomic E-state index is 5.98. The molecule has 0 bridgehead atoms. The normalized spacial score (nSPS) is 11.8. The lowest BCUT2D eigenvalue weighted by Crippen LogP contribution is -2.40. The average molecular weight is 327 g/mol. The SMILES string of the molecule is CN=C(NCCN(C)CCCOC)NCc1cccc(Cl)c1. The van der Waals surface area contributed by atoms with E-state index in [1.165, 1.54) is 0 Å². The van der Waals surface area contributed by atoms with Gasteiger partial charge in [0.15, 0.2) is 5.96 Å². The molecule has 0 atom stereocenters. The van der Waals surface area contributed by atoms with Crippen LogP contribution in [-0.4, -0.2) is 58.3 Å². The number of nitrogens with one attached hydrogen (secondary N) is 2. The average Bonchev–Trinajstić information content (AvgIpc) is 2.51. The Hall–Kier alpha value is -1.30. The minimum absolute atomic E-state index is 0.698. The van der Waals surface area contributed by atoms with Gasteiger partial charge in [-0.1, -0.05) is 23.7 Å². The molecular formula is C16H27ClN4O. The summed E-state index contributed by atoms with van der Waals surface area (Å²) in [5.74, 6) is 0.797. The van der Waals surface area contributed by atoms with E-state index in [1.807, 2.05) is 24.3 Å². The molecule has 0 aromatic heterocycles. The van der Waals surface area contributed by atoms with Gasteiger partial charge >= 0.3 is 0 Å². The van der Waals surface area contributed by atoms with Crippen LogP contribution in [0.2, 0.25) is 5.02 Å². The number of likely N-dealkylation sites (N-methyl/N-ethyl adjacent to an activating group) is 1. The summed E-state index contributed by atoms with van der Waals surface area (Å²) in [5.41, 5.74) is 1.13. The summed E-state index contributed by atoms with van der Waals surface area (Å²) in [6, 6.07) is 7.81. The quantitative estimate of drug-likeness (QED) is 0.414. The molecule has 0 radical (unpaired) electrons. The van der Waals surface area contributed by atoms with Gasteiger partial charge < -0.3 is 20.3 Å². The Balaban J connectivity index is 2.22. The van der Waals surface area contributed by atoms with E-state index in [1.54, 1.807) is 14.2 Å². The van der Waals surface area contributed by atoms with Gasteiger partial charge in [0.25, 0.3) is 0 Å². The highest BCUT2D eigenvalue weighted by molar-refractivity contribution is 6.30. The van der Waals surface area contributed by atoms with Gasteiger partial charge in [0.1, 0.15) is 0 Å². The predicted octanol–water partition coefficient (Wildman–Crippen LogP) is 1.97. The first-order chi connectivity index (χ1) is 10.7. The molecule has 0 amide bonds. The zero-order valence-electron chi connectivity index (χ0n) is 13.7. The molecule has 1 aromatic carbocycles. The van der Waals surface area contributed by atoms with Gasteiger partial charge in [-0.2, -0.15) is 0 Å². The molecule has 1 aromatic rings. The Kier molecular flexibility index (Phi) is 9.62. The largest absolute Gasteiger partial charge is 0.385 e. The number of rotatable bonds is 9. The number of guanidine groups is 1. The monoisotopic (exact) mass is 326 g/mol. The van der Waals surface area contributed by atoms with Crippen LogP contribution in [-0.2, 0) is 11.3 Å². The topological polar surface area (TPSA) is 48.9 Å². The molecule has 0 unspecified atom stereocenters. The minimum Gasteiger partial charge on any atom is -0.385 e. The molecule has 2 N–H and O–H groups in total. The molecule has 0 heterocycles. The minimum atomic E-state index is 0.698. The zero-order chi connectivity index (χ0) is 16.2. The molecule has 124 valence electrons. The Labute approximate surface area is 138 Å². The van der Waals surface area contributed by atoms with E-state index in [2.05, 4.69) is 27.6 Å². The lowest BCUT2D eigenvalue weighted by atomic mass is 10.2. The fraction of sp³-hybridized carbons (Fsp3) is 0.562. The fourth-order valence-electron chi connectivity index (χ4n) is 2.01. The summed E-state index contributed by atoms with van der Waals surface area (Å²) >= 11 is 5.98. The Bertz CT molecular complexity index is 454. The summed E-state index contributed by atoms with van der Waals surface area (Å²) in [7, 11) is 5.62. The third kappa shape index (κ3) is 8.22. The van der Waals surface area contributed by atoms with Gasteiger partial charge in [0, 0.05) is 52.0 Å². The van der Waals surface area contributed by atoms with E-state index >= 15 is 0 Å². The fourth-order valence-corrected chi connectivity index (χ4v) is 2.22. The number of aliphatic imine (C=N–C) groups is 1. The van der Waals surface area contributed by atoms with Gasteiger partial charge in [-0.05, 0) is 31.2 Å². The summed E-state index contributed by atoms with van der Waals surface area (Å²) in [4.78, 5) is 6.49. The molecule has 22 heavy (non-hydrogen) atoms. The van der Waals surface area contributed by atoms with Crippen LogP contribution < -0.4 is 10.6 Å². The Morgan fingerprint density at radius 3 is 2.82 bits per heavy atom. The molecule has 0 fully saturated rings. The second-order valence-corrected chi connectivity index (χ2v) is 5.57. The van der Waals surface area contributed by atoms with Crippen LogP contribution in [0.25, 0.3) is 0 Å². The van der Waals surface area contributed by atoms with Crippen molar-refractivity contribution in [1.82, 2.24) is 15.5 Å². The van der Waals surface area contributed by atoms with Crippen LogP contribution in [0, 0.1) is 0 Å². The summed E-state index contributed by atoms with van der Waals surface area (Å²) in [5, 5.41) is 7.34. The van der Waals surface area contributed by atoms with Gasteiger partial charge in [0.05, 0.1) is 0 Å². The third-order valence-corrected chi connectivity index (χ3v) is 3.48. The number of ether oxygens (including phenoxy) is 1. The van der Waals surface area contributed by atoms with Gasteiger partial charge in [-0.15, -0.1) is 0 Å². The molecule has 0 spiro atoms. The smallest absolute Gasteiger partial charge is 0.191 e. The van der Waals surface area contributed by atoms with Crippen LogP contribution in [0.1, 0.15) is 12.0 Å². The van der Waals surface area contributed by atoms with Crippen molar-refractivity contribution in [2.24, 2.45) is 4.99 Å². The van der Waals surface area contributed by atoms with E-state index < -0.39 is 0 Å². The molecule has 0 aliphatic carbocycles. The Morgan fingerprint density at radius 2 is 2.14 bits per heavy atom. The molecule has 0 saturated heterocycles. The van der Waals surface area contributed by atoms with E-state index in [0.29, 0.717) is 6.54 Å². The van der Waals surface area contributed by atoms with E-state index in [4.69, 9.17) is 16.3 Å². The number of nitrogens with zero attached hydrogens (tertiary/aromatic N) is 2. The zero-order valence-corrected chi connectivity index (χ0v) is 14.5. The molecule has 0 aliphatic heterocycles.